The Morgan fingerprint density at radius 2 is 1.32 bits per heavy atom. The highest BCUT2D eigenvalue weighted by Crippen LogP contribution is 2.48. The molecule has 0 spiro atoms. The van der Waals surface area contributed by atoms with E-state index < -0.39 is 36.8 Å². The van der Waals surface area contributed by atoms with Crippen LogP contribution < -0.4 is 19.7 Å². The summed E-state index contributed by atoms with van der Waals surface area (Å²) in [6.45, 7) is 11.5. The molecule has 1 unspecified atom stereocenters. The number of unbranched alkanes of at least 4 members (excludes halogenated alkanes) is 2. The number of ether oxygens (including phenoxy) is 5. The van der Waals surface area contributed by atoms with Gasteiger partial charge in [-0.2, -0.15) is 4.58 Å². The van der Waals surface area contributed by atoms with Crippen molar-refractivity contribution in [2.75, 3.05) is 58.6 Å². The van der Waals surface area contributed by atoms with Crippen LogP contribution in [0.3, 0.4) is 0 Å². The molecule has 2 N–H and O–H groups in total. The molecule has 0 saturated carbocycles. The number of carbonyl (C=O) groups excluding carboxylic acids is 2. The molecule has 0 radical (unpaired) electrons. The molecule has 0 aliphatic carbocycles. The fourth-order valence-electron chi connectivity index (χ4n) is 10.0. The van der Waals surface area contributed by atoms with E-state index in [2.05, 4.69) is 116 Å². The van der Waals surface area contributed by atoms with Crippen LogP contribution in [0.15, 0.2) is 151 Å². The molecule has 5 aromatic carbocycles. The van der Waals surface area contributed by atoms with E-state index >= 15 is 0 Å². The first kappa shape index (κ1) is 51.8. The molecule has 71 heavy (non-hydrogen) atoms. The smallest absolute Gasteiger partial charge is 0.332 e. The lowest BCUT2D eigenvalue weighted by molar-refractivity contribution is -0.438. The van der Waals surface area contributed by atoms with Gasteiger partial charge in [-0.15, -0.1) is 0 Å². The van der Waals surface area contributed by atoms with Crippen molar-refractivity contribution in [1.29, 1.82) is 0 Å². The maximum absolute atomic E-state index is 13.9. The van der Waals surface area contributed by atoms with Crippen LogP contribution in [0.5, 0.6) is 11.5 Å². The Bertz CT molecular complexity index is 2680. The fourth-order valence-corrected chi connectivity index (χ4v) is 10.0. The third kappa shape index (κ3) is 11.6. The number of hydrogen-bond acceptors (Lipinski definition) is 9. The number of methoxy groups -OCH3 is 2. The average molecular weight is 963 g/mol. The minimum absolute atomic E-state index is 0.0736. The monoisotopic (exact) mass is 962 g/mol. The number of nitrogens with zero attached hydrogens (tertiary/aromatic N) is 2. The van der Waals surface area contributed by atoms with E-state index in [0.717, 1.165) is 42.6 Å². The number of para-hydroxylation sites is 2. The summed E-state index contributed by atoms with van der Waals surface area (Å²) in [4.78, 5) is 40.1. The number of amides is 1. The normalized spacial score (nSPS) is 15.6. The number of allylic oxidation sites excluding steroid dienone is 4. The number of esters is 1. The van der Waals surface area contributed by atoms with Crippen LogP contribution in [-0.4, -0.2) is 93.0 Å². The predicted octanol–water partition coefficient (Wildman–Crippen LogP) is 10.0. The first-order chi connectivity index (χ1) is 34.2. The molecule has 2 aliphatic rings. The van der Waals surface area contributed by atoms with Crippen molar-refractivity contribution in [3.05, 3.63) is 179 Å². The van der Waals surface area contributed by atoms with Crippen molar-refractivity contribution >= 4 is 34.9 Å². The molecule has 7 rings (SSSR count). The van der Waals surface area contributed by atoms with Gasteiger partial charge in [-0.1, -0.05) is 111 Å². The number of carboxylic acid groups (broad SMARTS) is 1. The third-order valence-electron chi connectivity index (χ3n) is 13.6. The maximum Gasteiger partial charge on any atom is 0.332 e. The van der Waals surface area contributed by atoms with Gasteiger partial charge in [-0.25, -0.2) is 9.59 Å². The van der Waals surface area contributed by atoms with E-state index in [0.29, 0.717) is 17.9 Å². The van der Waals surface area contributed by atoms with E-state index in [1.165, 1.54) is 33.9 Å². The second kappa shape index (κ2) is 23.3. The molecule has 0 saturated heterocycles. The zero-order valence-electron chi connectivity index (χ0n) is 42.1. The molecule has 1 atom stereocenters. The van der Waals surface area contributed by atoms with Gasteiger partial charge in [-0.05, 0) is 92.3 Å². The lowest BCUT2D eigenvalue weighted by atomic mass is 9.80. The van der Waals surface area contributed by atoms with E-state index in [1.54, 1.807) is 14.2 Å². The first-order valence-corrected chi connectivity index (χ1v) is 24.5. The summed E-state index contributed by atoms with van der Waals surface area (Å²) in [5, 5.41) is 12.1. The number of likely N-dealkylation sites (N-methyl/N-ethyl adjacent to an activating group) is 1. The van der Waals surface area contributed by atoms with Gasteiger partial charge in [0.15, 0.2) is 5.71 Å². The summed E-state index contributed by atoms with van der Waals surface area (Å²) in [7, 11) is 3.22. The Balaban J connectivity index is 1.07. The number of rotatable bonds is 24. The molecule has 2 heterocycles. The second-order valence-corrected chi connectivity index (χ2v) is 18.9. The summed E-state index contributed by atoms with van der Waals surface area (Å²) >= 11 is 0. The number of aliphatic carboxylic acids is 1. The molecular weight excluding hydrogens is 895 g/mol. The summed E-state index contributed by atoms with van der Waals surface area (Å²) in [6.07, 6.45) is 9.29. The number of fused-ring (bicyclic) bond motifs is 2. The molecule has 372 valence electrons. The highest BCUT2D eigenvalue weighted by atomic mass is 16.6. The summed E-state index contributed by atoms with van der Waals surface area (Å²) in [6, 6.07) is 41.5. The number of nitrogens with one attached hydrogen (secondary N) is 1. The lowest BCUT2D eigenvalue weighted by Crippen LogP contribution is -2.45. The zero-order valence-corrected chi connectivity index (χ0v) is 42.1. The third-order valence-corrected chi connectivity index (χ3v) is 13.6. The number of carboxylic acids is 1. The summed E-state index contributed by atoms with van der Waals surface area (Å²) in [5.74, 6) is -0.851. The van der Waals surface area contributed by atoms with Gasteiger partial charge in [0.25, 0.3) is 0 Å². The van der Waals surface area contributed by atoms with Crippen molar-refractivity contribution in [3.63, 3.8) is 0 Å². The van der Waals surface area contributed by atoms with Crippen LogP contribution in [0.1, 0.15) is 88.1 Å². The first-order valence-electron chi connectivity index (χ1n) is 24.5. The van der Waals surface area contributed by atoms with Crippen LogP contribution in [0.4, 0.5) is 11.4 Å². The highest BCUT2D eigenvalue weighted by molar-refractivity contribution is 6.03. The Kier molecular flexibility index (Phi) is 17.0. The predicted molar refractivity (Wildman–Crippen MR) is 277 cm³/mol. The molecule has 1 amide bonds. The second-order valence-electron chi connectivity index (χ2n) is 18.9. The van der Waals surface area contributed by atoms with Crippen LogP contribution in [0, 0.1) is 0 Å². The average Bonchev–Trinajstić information content (AvgIpc) is 3.73. The number of benzene rings is 5. The van der Waals surface area contributed by atoms with E-state index in [9.17, 15) is 14.4 Å². The van der Waals surface area contributed by atoms with Gasteiger partial charge in [-0.3, -0.25) is 4.79 Å². The van der Waals surface area contributed by atoms with E-state index in [1.807, 2.05) is 78.9 Å². The molecule has 0 fully saturated rings. The van der Waals surface area contributed by atoms with Gasteiger partial charge < -0.3 is 39.0 Å². The Hall–Kier alpha value is -7.02. The Labute approximate surface area is 418 Å². The minimum atomic E-state index is -1.21. The fraction of sp³-hybridized carbons (Fsp3) is 0.356. The van der Waals surface area contributed by atoms with Crippen molar-refractivity contribution < 1.29 is 47.7 Å². The van der Waals surface area contributed by atoms with Crippen LogP contribution >= 0.6 is 0 Å². The van der Waals surface area contributed by atoms with E-state index in [-0.39, 0.29) is 36.4 Å². The van der Waals surface area contributed by atoms with Gasteiger partial charge in [0.05, 0.1) is 32.3 Å². The standard InChI is InChI=1S/C59H67N3O9/c1-8-61-50-24-16-14-22-48(50)57(2,3)52(61)26-19-27-53-58(4,5)49-23-15-17-25-51(49)62(53)37-18-10-13-28-54(63)60-45(38-70-56(66)41-69-40-55(64)65)39-71-59(42-20-11-9-12-21-42,43-29-33-46(67-6)34-30-43)44-31-35-47(68-7)36-32-44/h9,11-12,14-17,19-27,29-36,45H,8,10,13,18,28,37-41H2,1-7H3,(H-,60,63,64,65)/p+1. The topological polar surface area (TPSA) is 136 Å². The molecule has 12 heteroatoms. The van der Waals surface area contributed by atoms with Crippen molar-refractivity contribution in [3.8, 4) is 11.5 Å². The molecule has 0 aromatic heterocycles. The SMILES string of the molecule is CCN1C(=CC=CC2=[N+](CCCCCC(=O)NC(COC(=O)COCC(=O)O)COC(c3ccccc3)(c3ccc(OC)cc3)c3ccc(OC)cc3)c3ccccc3C2(C)C)C(C)(C)c2ccccc21. The number of carbonyl (C=O) groups is 3. The summed E-state index contributed by atoms with van der Waals surface area (Å²) < 4.78 is 31.1. The lowest BCUT2D eigenvalue weighted by Gasteiger charge is -2.37. The highest BCUT2D eigenvalue weighted by Gasteiger charge is 2.44. The van der Waals surface area contributed by atoms with Crippen LogP contribution in [0.2, 0.25) is 0 Å². The quantitative estimate of drug-likeness (QED) is 0.0266. The summed E-state index contributed by atoms with van der Waals surface area (Å²) in [5.41, 5.74) is 8.47. The number of hydrogen-bond donors (Lipinski definition) is 2. The van der Waals surface area contributed by atoms with Crippen molar-refractivity contribution in [2.45, 2.75) is 82.8 Å². The van der Waals surface area contributed by atoms with Crippen LogP contribution in [-0.2, 0) is 45.0 Å². The largest absolute Gasteiger partial charge is 0.497 e. The van der Waals surface area contributed by atoms with E-state index in [4.69, 9.17) is 28.8 Å². The maximum atomic E-state index is 13.9. The van der Waals surface area contributed by atoms with Gasteiger partial charge in [0, 0.05) is 53.9 Å². The minimum Gasteiger partial charge on any atom is -0.497 e. The molecule has 12 nitrogen and oxygen atoms in total. The zero-order chi connectivity index (χ0) is 50.6. The van der Waals surface area contributed by atoms with Gasteiger partial charge >= 0.3 is 11.9 Å². The molecule has 5 aromatic rings. The van der Waals surface area contributed by atoms with Gasteiger partial charge in [0.1, 0.15) is 43.5 Å². The Morgan fingerprint density at radius 1 is 0.718 bits per heavy atom. The number of anilines is 1. The van der Waals surface area contributed by atoms with Crippen molar-refractivity contribution in [2.24, 2.45) is 0 Å². The molecule has 0 bridgehead atoms. The molecule has 2 aliphatic heterocycles. The van der Waals surface area contributed by atoms with Gasteiger partial charge in [0.2, 0.25) is 11.6 Å². The van der Waals surface area contributed by atoms with Crippen molar-refractivity contribution in [1.82, 2.24) is 5.32 Å². The molecular formula is C59H68N3O9+. The Morgan fingerprint density at radius 3 is 1.96 bits per heavy atom. The van der Waals surface area contributed by atoms with Crippen LogP contribution in [0.25, 0.3) is 0 Å².